The van der Waals surface area contributed by atoms with Gasteiger partial charge in [0.05, 0.1) is 22.9 Å². The highest BCUT2D eigenvalue weighted by Crippen LogP contribution is 2.37. The second-order valence-electron chi connectivity index (χ2n) is 11.3. The van der Waals surface area contributed by atoms with Gasteiger partial charge in [-0.3, -0.25) is 27.6 Å². The molecule has 4 rings (SSSR count). The SMILES string of the molecule is CCn1c(O)c(CS(=O)(=O)O)c(C)c(N=Nc2cc(Nc3nc(Cl)nc(Nc4cc(S(=O)(=O)CCOS(=O)(=O)O)cc(S(=O)(=O)O)c4O)n3)ccc2S(=O)(=O)O)c1=O. The monoisotopic (exact) mass is 934 g/mol. The summed E-state index contributed by atoms with van der Waals surface area (Å²) in [6.45, 7) is 1.22. The van der Waals surface area contributed by atoms with Crippen LogP contribution in [-0.4, -0.2) is 102 Å². The van der Waals surface area contributed by atoms with Crippen molar-refractivity contribution in [3.05, 3.63) is 57.1 Å². The second kappa shape index (κ2) is 16.7. The molecular formula is C26H27ClN8O18S5. The van der Waals surface area contributed by atoms with Crippen molar-refractivity contribution in [3.8, 4) is 11.6 Å². The Morgan fingerprint density at radius 2 is 1.43 bits per heavy atom. The Balaban J connectivity index is 1.77. The molecule has 0 bridgehead atoms. The third-order valence-electron chi connectivity index (χ3n) is 7.30. The Labute approximate surface area is 332 Å². The number of aromatic hydroxyl groups is 2. The van der Waals surface area contributed by atoms with Gasteiger partial charge in [-0.05, 0) is 61.3 Å². The fourth-order valence-corrected chi connectivity index (χ4v) is 8.46. The number of phenols is 1. The van der Waals surface area contributed by atoms with E-state index in [1.807, 2.05) is 0 Å². The lowest BCUT2D eigenvalue weighted by molar-refractivity contribution is 0.284. The van der Waals surface area contributed by atoms with Gasteiger partial charge in [0.25, 0.3) is 35.9 Å². The zero-order valence-corrected chi connectivity index (χ0v) is 33.7. The van der Waals surface area contributed by atoms with Crippen LogP contribution in [0.15, 0.2) is 60.0 Å². The molecule has 0 radical (unpaired) electrons. The highest BCUT2D eigenvalue weighted by atomic mass is 35.5. The number of sulfone groups is 1. The molecule has 2 heterocycles. The second-order valence-corrected chi connectivity index (χ2v) is 19.0. The van der Waals surface area contributed by atoms with E-state index in [1.54, 1.807) is 0 Å². The van der Waals surface area contributed by atoms with E-state index >= 15 is 0 Å². The van der Waals surface area contributed by atoms with Crippen molar-refractivity contribution < 1.29 is 74.7 Å². The van der Waals surface area contributed by atoms with Gasteiger partial charge in [-0.15, -0.1) is 10.2 Å². The Hall–Kier alpha value is -4.96. The smallest absolute Gasteiger partial charge is 0.397 e. The highest BCUT2D eigenvalue weighted by molar-refractivity contribution is 7.91. The number of rotatable bonds is 16. The summed E-state index contributed by atoms with van der Waals surface area (Å²) < 4.78 is 161. The van der Waals surface area contributed by atoms with E-state index in [-0.39, 0.29) is 17.8 Å². The number of anilines is 4. The van der Waals surface area contributed by atoms with E-state index in [9.17, 15) is 70.8 Å². The normalized spacial score (nSPS) is 12.9. The summed E-state index contributed by atoms with van der Waals surface area (Å²) in [6.07, 6.45) is 0. The van der Waals surface area contributed by atoms with Crippen LogP contribution in [0.2, 0.25) is 5.28 Å². The van der Waals surface area contributed by atoms with Crippen LogP contribution in [0.4, 0.5) is 34.6 Å². The fraction of sp³-hybridized carbons (Fsp3) is 0.231. The zero-order chi connectivity index (χ0) is 43.8. The lowest BCUT2D eigenvalue weighted by Gasteiger charge is -2.14. The minimum Gasteiger partial charge on any atom is -0.504 e. The molecule has 58 heavy (non-hydrogen) atoms. The van der Waals surface area contributed by atoms with Gasteiger partial charge >= 0.3 is 10.4 Å². The van der Waals surface area contributed by atoms with E-state index in [0.717, 1.165) is 25.1 Å². The van der Waals surface area contributed by atoms with Crippen LogP contribution in [0.25, 0.3) is 0 Å². The third-order valence-corrected chi connectivity index (χ3v) is 12.0. The molecule has 0 amide bonds. The van der Waals surface area contributed by atoms with Crippen molar-refractivity contribution in [2.75, 3.05) is 23.0 Å². The molecule has 26 nitrogen and oxygen atoms in total. The highest BCUT2D eigenvalue weighted by Gasteiger charge is 2.27. The lowest BCUT2D eigenvalue weighted by Crippen LogP contribution is -2.22. The number of pyridine rings is 1. The molecule has 32 heteroatoms. The number of azo groups is 1. The molecule has 0 saturated heterocycles. The number of phenolic OH excluding ortho intramolecular Hbond substituents is 1. The van der Waals surface area contributed by atoms with Gasteiger partial charge in [0.2, 0.25) is 17.2 Å². The molecule has 316 valence electrons. The van der Waals surface area contributed by atoms with Gasteiger partial charge in [0.1, 0.15) is 21.2 Å². The van der Waals surface area contributed by atoms with Crippen molar-refractivity contribution in [3.63, 3.8) is 0 Å². The Morgan fingerprint density at radius 3 is 1.98 bits per heavy atom. The molecule has 0 spiro atoms. The van der Waals surface area contributed by atoms with Crippen LogP contribution in [0.5, 0.6) is 11.6 Å². The summed E-state index contributed by atoms with van der Waals surface area (Å²) >= 11 is 6.01. The molecular weight excluding hydrogens is 908 g/mol. The molecule has 0 atom stereocenters. The predicted molar refractivity (Wildman–Crippen MR) is 197 cm³/mol. The molecule has 0 aliphatic heterocycles. The summed E-state index contributed by atoms with van der Waals surface area (Å²) in [5, 5.41) is 32.8. The minimum absolute atomic E-state index is 0.147. The first-order valence-electron chi connectivity index (χ1n) is 15.1. The summed E-state index contributed by atoms with van der Waals surface area (Å²) in [7, 11) is -24.9. The third kappa shape index (κ3) is 11.4. The Kier molecular flexibility index (Phi) is 13.2. The maximum atomic E-state index is 13.1. The van der Waals surface area contributed by atoms with Crippen LogP contribution in [-0.2, 0) is 67.1 Å². The summed E-state index contributed by atoms with van der Waals surface area (Å²) in [4.78, 5) is 21.4. The molecule has 0 saturated carbocycles. The average Bonchev–Trinajstić information content (AvgIpc) is 3.05. The standard InChI is InChI=1S/C26H27ClN8O18S5/c1-3-35-22(37)15(11-55(41,42)43)12(2)20(23(35)38)34-33-16-8-13(4-5-18(16)56(44,45)46)28-25-30-24(27)31-26(32-25)29-17-9-14(10-19(21(17)36)57(47,48)49)54(39,40)7-6-53-58(50,51)52/h4-5,8-10,36-37H,3,6-7,11H2,1-2H3,(H,41,42,43)(H,44,45,46)(H,47,48,49)(H,50,51,52)(H2,28,29,30,31,32). The first-order valence-corrected chi connectivity index (χ1v) is 23.0. The van der Waals surface area contributed by atoms with Crippen molar-refractivity contribution in [1.29, 1.82) is 0 Å². The van der Waals surface area contributed by atoms with E-state index in [2.05, 4.69) is 40.0 Å². The number of aromatic nitrogens is 4. The van der Waals surface area contributed by atoms with E-state index in [4.69, 9.17) is 16.2 Å². The predicted octanol–water partition coefficient (Wildman–Crippen LogP) is 1.80. The quantitative estimate of drug-likeness (QED) is 0.0451. The van der Waals surface area contributed by atoms with Gasteiger partial charge < -0.3 is 20.8 Å². The molecule has 8 N–H and O–H groups in total. The Morgan fingerprint density at radius 1 is 0.828 bits per heavy atom. The van der Waals surface area contributed by atoms with Crippen molar-refractivity contribution >= 4 is 96.8 Å². The number of nitrogens with zero attached hydrogens (tertiary/aromatic N) is 6. The minimum atomic E-state index is -5.35. The van der Waals surface area contributed by atoms with Gasteiger partial charge in [-0.1, -0.05) is 0 Å². The van der Waals surface area contributed by atoms with E-state index < -0.39 is 140 Å². The number of benzene rings is 2. The maximum absolute atomic E-state index is 13.1. The number of hydrogen-bond donors (Lipinski definition) is 8. The van der Waals surface area contributed by atoms with Gasteiger partial charge in [-0.2, -0.15) is 48.6 Å². The molecule has 0 fully saturated rings. The van der Waals surface area contributed by atoms with Crippen LogP contribution >= 0.6 is 11.6 Å². The number of nitrogens with one attached hydrogen (secondary N) is 2. The van der Waals surface area contributed by atoms with E-state index in [1.165, 1.54) is 6.92 Å². The maximum Gasteiger partial charge on any atom is 0.397 e. The average molecular weight is 935 g/mol. The summed E-state index contributed by atoms with van der Waals surface area (Å²) in [5.74, 6) is -5.51. The molecule has 2 aromatic heterocycles. The molecule has 0 aliphatic carbocycles. The van der Waals surface area contributed by atoms with Crippen LogP contribution in [0.1, 0.15) is 18.1 Å². The van der Waals surface area contributed by atoms with Crippen molar-refractivity contribution in [1.82, 2.24) is 19.5 Å². The summed E-state index contributed by atoms with van der Waals surface area (Å²) in [5.41, 5.74) is -3.88. The summed E-state index contributed by atoms with van der Waals surface area (Å²) in [6, 6.07) is 3.73. The van der Waals surface area contributed by atoms with Crippen LogP contribution in [0, 0.1) is 6.92 Å². The van der Waals surface area contributed by atoms with Crippen molar-refractivity contribution in [2.24, 2.45) is 10.2 Å². The molecule has 2 aromatic carbocycles. The molecule has 0 aliphatic rings. The number of hydrogen-bond acceptors (Lipinski definition) is 21. The fourth-order valence-electron chi connectivity index (χ4n) is 4.75. The lowest BCUT2D eigenvalue weighted by atomic mass is 10.1. The van der Waals surface area contributed by atoms with E-state index in [0.29, 0.717) is 16.7 Å². The van der Waals surface area contributed by atoms with Crippen LogP contribution < -0.4 is 16.2 Å². The first-order chi connectivity index (χ1) is 26.5. The largest absolute Gasteiger partial charge is 0.504 e. The van der Waals surface area contributed by atoms with Crippen LogP contribution in [0.3, 0.4) is 0 Å². The number of halogens is 1. The topological polar surface area (TPSA) is 411 Å². The van der Waals surface area contributed by atoms with Gasteiger partial charge in [0, 0.05) is 17.8 Å². The zero-order valence-electron chi connectivity index (χ0n) is 28.9. The Bertz CT molecular complexity index is 2980. The van der Waals surface area contributed by atoms with Gasteiger partial charge in [-0.25, -0.2) is 12.6 Å². The van der Waals surface area contributed by atoms with Gasteiger partial charge in [0.15, 0.2) is 27.2 Å². The molecule has 0 unspecified atom stereocenters. The molecule has 4 aromatic rings. The van der Waals surface area contributed by atoms with Crippen molar-refractivity contribution in [2.45, 2.75) is 40.8 Å². The first kappa shape index (κ1) is 45.7.